The quantitative estimate of drug-likeness (QED) is 0.626. The monoisotopic (exact) mass is 301 g/mol. The first-order valence-electron chi connectivity index (χ1n) is 5.84. The van der Waals surface area contributed by atoms with Crippen LogP contribution in [0.3, 0.4) is 0 Å². The number of halogens is 1. The van der Waals surface area contributed by atoms with Crippen molar-refractivity contribution in [3.8, 4) is 11.3 Å². The zero-order chi connectivity index (χ0) is 12.5. The van der Waals surface area contributed by atoms with E-state index in [1.165, 1.54) is 5.56 Å². The zero-order valence-corrected chi connectivity index (χ0v) is 11.5. The maximum atomic E-state index is 5.47. The largest absolute Gasteiger partial charge is 0.355 e. The van der Waals surface area contributed by atoms with E-state index in [0.29, 0.717) is 4.83 Å². The lowest BCUT2D eigenvalue weighted by atomic mass is 10.1. The van der Waals surface area contributed by atoms with Gasteiger partial charge in [-0.05, 0) is 24.6 Å². The number of benzene rings is 2. The molecule has 1 heterocycles. The van der Waals surface area contributed by atoms with Gasteiger partial charge in [-0.3, -0.25) is 0 Å². The first-order chi connectivity index (χ1) is 8.75. The van der Waals surface area contributed by atoms with Crippen LogP contribution in [0.25, 0.3) is 22.2 Å². The highest BCUT2D eigenvalue weighted by Crippen LogP contribution is 2.32. The maximum absolute atomic E-state index is 5.47. The Bertz CT molecular complexity index is 673. The number of aromatic nitrogens is 1. The van der Waals surface area contributed by atoms with Gasteiger partial charge in [0.05, 0.1) is 5.39 Å². The highest BCUT2D eigenvalue weighted by Gasteiger charge is 2.12. The summed E-state index contributed by atoms with van der Waals surface area (Å²) in [6, 6.07) is 16.3. The number of fused-ring (bicyclic) bond motifs is 1. The molecule has 0 N–H and O–H groups in total. The molecule has 1 aromatic heterocycles. The van der Waals surface area contributed by atoms with Crippen LogP contribution in [0.15, 0.2) is 53.1 Å². The minimum absolute atomic E-state index is 0.320. The molecule has 0 bridgehead atoms. The second-order valence-corrected chi connectivity index (χ2v) is 5.64. The van der Waals surface area contributed by atoms with Gasteiger partial charge in [0.25, 0.3) is 0 Å². The van der Waals surface area contributed by atoms with Crippen LogP contribution in [-0.2, 0) is 0 Å². The number of rotatable bonds is 2. The van der Waals surface area contributed by atoms with Gasteiger partial charge >= 0.3 is 0 Å². The van der Waals surface area contributed by atoms with Crippen LogP contribution in [0.2, 0.25) is 0 Å². The summed E-state index contributed by atoms with van der Waals surface area (Å²) in [7, 11) is 0. The maximum Gasteiger partial charge on any atom is 0.174 e. The fraction of sp³-hybridized carbons (Fsp3) is 0.133. The van der Waals surface area contributed by atoms with E-state index < -0.39 is 0 Å². The smallest absolute Gasteiger partial charge is 0.174 e. The molecule has 3 rings (SSSR count). The molecular formula is C15H12BrNO. The lowest BCUT2D eigenvalue weighted by Gasteiger charge is -2.03. The summed E-state index contributed by atoms with van der Waals surface area (Å²) in [6.45, 7) is 2.11. The van der Waals surface area contributed by atoms with Gasteiger partial charge < -0.3 is 4.52 Å². The molecule has 1 atom stereocenters. The van der Waals surface area contributed by atoms with E-state index in [9.17, 15) is 0 Å². The van der Waals surface area contributed by atoms with Crippen LogP contribution < -0.4 is 0 Å². The van der Waals surface area contributed by atoms with Crippen LogP contribution in [0, 0.1) is 0 Å². The van der Waals surface area contributed by atoms with E-state index in [1.807, 2.05) is 36.4 Å². The normalized spacial score (nSPS) is 12.8. The number of hydrogen-bond acceptors (Lipinski definition) is 2. The molecule has 0 fully saturated rings. The molecule has 90 valence electrons. The lowest BCUT2D eigenvalue weighted by Crippen LogP contribution is -1.83. The lowest BCUT2D eigenvalue weighted by molar-refractivity contribution is 0.441. The standard InChI is InChI=1S/C15H12BrNO/c1-10(16)12-7-8-14-13(9-12)15(18-17-14)11-5-3-2-4-6-11/h2-10H,1H3. The number of alkyl halides is 1. The second kappa shape index (κ2) is 4.58. The Kier molecular flexibility index (Phi) is 2.92. The average molecular weight is 302 g/mol. The predicted octanol–water partition coefficient (Wildman–Crippen LogP) is 4.95. The van der Waals surface area contributed by atoms with Crippen molar-refractivity contribution >= 4 is 26.8 Å². The molecule has 0 aliphatic rings. The number of nitrogens with zero attached hydrogens (tertiary/aromatic N) is 1. The van der Waals surface area contributed by atoms with Gasteiger partial charge in [0.15, 0.2) is 5.76 Å². The van der Waals surface area contributed by atoms with Crippen LogP contribution in [0.4, 0.5) is 0 Å². The van der Waals surface area contributed by atoms with Crippen molar-refractivity contribution in [1.29, 1.82) is 0 Å². The second-order valence-electron chi connectivity index (χ2n) is 4.27. The molecule has 0 saturated heterocycles. The van der Waals surface area contributed by atoms with E-state index in [4.69, 9.17) is 4.52 Å². The van der Waals surface area contributed by atoms with Gasteiger partial charge in [0.1, 0.15) is 5.52 Å². The Hall–Kier alpha value is -1.61. The van der Waals surface area contributed by atoms with E-state index in [1.54, 1.807) is 0 Å². The van der Waals surface area contributed by atoms with Crippen LogP contribution in [0.5, 0.6) is 0 Å². The zero-order valence-electron chi connectivity index (χ0n) is 9.93. The third-order valence-corrected chi connectivity index (χ3v) is 3.52. The third-order valence-electron chi connectivity index (χ3n) is 3.00. The van der Waals surface area contributed by atoms with Crippen LogP contribution >= 0.6 is 15.9 Å². The highest BCUT2D eigenvalue weighted by molar-refractivity contribution is 9.09. The van der Waals surface area contributed by atoms with Gasteiger partial charge in [0.2, 0.25) is 0 Å². The van der Waals surface area contributed by atoms with Crippen molar-refractivity contribution in [3.63, 3.8) is 0 Å². The summed E-state index contributed by atoms with van der Waals surface area (Å²) in [5, 5.41) is 5.17. The topological polar surface area (TPSA) is 26.0 Å². The molecule has 1 unspecified atom stereocenters. The molecule has 0 amide bonds. The van der Waals surface area contributed by atoms with E-state index in [0.717, 1.165) is 22.2 Å². The van der Waals surface area contributed by atoms with Crippen LogP contribution in [-0.4, -0.2) is 5.16 Å². The Labute approximate surface area is 114 Å². The van der Waals surface area contributed by atoms with Gasteiger partial charge in [-0.1, -0.05) is 57.5 Å². The first kappa shape index (κ1) is 11.5. The van der Waals surface area contributed by atoms with E-state index in [2.05, 4.69) is 40.1 Å². The van der Waals surface area contributed by atoms with Crippen molar-refractivity contribution in [2.45, 2.75) is 11.8 Å². The van der Waals surface area contributed by atoms with Crippen molar-refractivity contribution in [2.75, 3.05) is 0 Å². The fourth-order valence-electron chi connectivity index (χ4n) is 2.00. The van der Waals surface area contributed by atoms with Crippen molar-refractivity contribution in [2.24, 2.45) is 0 Å². The minimum Gasteiger partial charge on any atom is -0.355 e. The van der Waals surface area contributed by atoms with E-state index in [-0.39, 0.29) is 0 Å². The Balaban J connectivity index is 2.21. The molecule has 2 aromatic carbocycles. The van der Waals surface area contributed by atoms with Gasteiger partial charge in [0, 0.05) is 10.4 Å². The molecular weight excluding hydrogens is 290 g/mol. The van der Waals surface area contributed by atoms with Crippen molar-refractivity contribution in [3.05, 3.63) is 54.1 Å². The molecule has 2 nitrogen and oxygen atoms in total. The molecule has 18 heavy (non-hydrogen) atoms. The summed E-state index contributed by atoms with van der Waals surface area (Å²) < 4.78 is 5.47. The summed E-state index contributed by atoms with van der Waals surface area (Å²) in [5.41, 5.74) is 3.17. The molecule has 0 saturated carbocycles. The summed E-state index contributed by atoms with van der Waals surface area (Å²) in [6.07, 6.45) is 0. The van der Waals surface area contributed by atoms with E-state index >= 15 is 0 Å². The van der Waals surface area contributed by atoms with Crippen LogP contribution in [0.1, 0.15) is 17.3 Å². The molecule has 0 spiro atoms. The molecule has 0 radical (unpaired) electrons. The molecule has 0 aliphatic heterocycles. The molecule has 3 aromatic rings. The third kappa shape index (κ3) is 1.95. The van der Waals surface area contributed by atoms with Gasteiger partial charge in [-0.2, -0.15) is 0 Å². The fourth-order valence-corrected chi connectivity index (χ4v) is 2.29. The summed E-state index contributed by atoms with van der Waals surface area (Å²) >= 11 is 3.59. The van der Waals surface area contributed by atoms with Crippen molar-refractivity contribution < 1.29 is 4.52 Å². The summed E-state index contributed by atoms with van der Waals surface area (Å²) in [4.78, 5) is 0.320. The molecule has 3 heteroatoms. The highest BCUT2D eigenvalue weighted by atomic mass is 79.9. The van der Waals surface area contributed by atoms with Gasteiger partial charge in [-0.15, -0.1) is 0 Å². The SMILES string of the molecule is CC(Br)c1ccc2noc(-c3ccccc3)c2c1. The Morgan fingerprint density at radius 2 is 1.89 bits per heavy atom. The average Bonchev–Trinajstić information content (AvgIpc) is 2.82. The Morgan fingerprint density at radius 1 is 1.11 bits per heavy atom. The Morgan fingerprint density at radius 3 is 2.61 bits per heavy atom. The predicted molar refractivity (Wildman–Crippen MR) is 76.8 cm³/mol. The van der Waals surface area contributed by atoms with Gasteiger partial charge in [-0.25, -0.2) is 0 Å². The van der Waals surface area contributed by atoms with Crippen molar-refractivity contribution in [1.82, 2.24) is 5.16 Å². The summed E-state index contributed by atoms with van der Waals surface area (Å²) in [5.74, 6) is 0.834. The number of hydrogen-bond donors (Lipinski definition) is 0. The molecule has 0 aliphatic carbocycles. The first-order valence-corrected chi connectivity index (χ1v) is 6.76. The minimum atomic E-state index is 0.320.